The fraction of sp³-hybridized carbons (Fsp3) is 0.125. The van der Waals surface area contributed by atoms with Crippen LogP contribution in [0, 0.1) is 17.1 Å². The molecule has 9 nitrogen and oxygen atoms in total. The van der Waals surface area contributed by atoms with Crippen LogP contribution in [0.5, 0.6) is 0 Å². The maximum atomic E-state index is 14.3. The fourth-order valence-corrected chi connectivity index (χ4v) is 2.29. The zero-order valence-corrected chi connectivity index (χ0v) is 13.2. The predicted molar refractivity (Wildman–Crippen MR) is 88.8 cm³/mol. The molecule has 2 aromatic rings. The van der Waals surface area contributed by atoms with E-state index in [0.29, 0.717) is 11.1 Å². The normalized spacial score (nSPS) is 9.38. The highest BCUT2D eigenvalue weighted by atomic mass is 19.1. The van der Waals surface area contributed by atoms with E-state index in [9.17, 15) is 14.4 Å². The van der Waals surface area contributed by atoms with Gasteiger partial charge in [0.25, 0.3) is 0 Å². The minimum atomic E-state index is -0.764. The smallest absolute Gasteiger partial charge is 0.338 e. The summed E-state index contributed by atoms with van der Waals surface area (Å²) in [4.78, 5) is 17.1. The Bertz CT molecular complexity index is 987. The third kappa shape index (κ3) is 4.07. The molecule has 0 aliphatic carbocycles. The fourth-order valence-electron chi connectivity index (χ4n) is 2.29. The van der Waals surface area contributed by atoms with Crippen LogP contribution in [0.1, 0.15) is 21.5 Å². The van der Waals surface area contributed by atoms with Gasteiger partial charge in [-0.05, 0) is 46.5 Å². The number of rotatable bonds is 6. The zero-order chi connectivity index (χ0) is 18.9. The van der Waals surface area contributed by atoms with E-state index in [4.69, 9.17) is 15.8 Å². The van der Waals surface area contributed by atoms with Gasteiger partial charge in [-0.1, -0.05) is 22.4 Å². The summed E-state index contributed by atoms with van der Waals surface area (Å²) in [6.07, 6.45) is 0. The first-order chi connectivity index (χ1) is 12.6. The van der Waals surface area contributed by atoms with Crippen molar-refractivity contribution in [1.29, 1.82) is 5.26 Å². The number of azide groups is 2. The second kappa shape index (κ2) is 8.70. The number of esters is 1. The van der Waals surface area contributed by atoms with Crippen LogP contribution >= 0.6 is 0 Å². The predicted octanol–water partition coefficient (Wildman–Crippen LogP) is 4.60. The number of nitriles is 1. The number of benzene rings is 2. The minimum absolute atomic E-state index is 0.0483. The molecule has 0 heterocycles. The number of hydrogen-bond donors (Lipinski definition) is 0. The van der Waals surface area contributed by atoms with E-state index in [1.165, 1.54) is 36.4 Å². The highest BCUT2D eigenvalue weighted by molar-refractivity contribution is 5.91. The van der Waals surface area contributed by atoms with Gasteiger partial charge in [-0.25, -0.2) is 9.18 Å². The molecule has 0 aliphatic rings. The van der Waals surface area contributed by atoms with Crippen molar-refractivity contribution in [2.75, 3.05) is 6.73 Å². The number of halogens is 1. The van der Waals surface area contributed by atoms with Crippen molar-refractivity contribution in [1.82, 2.24) is 0 Å². The molecule has 0 saturated heterocycles. The molecule has 2 rings (SSSR count). The van der Waals surface area contributed by atoms with E-state index in [-0.39, 0.29) is 23.2 Å². The number of carbonyl (C=O) groups excluding carboxylic acids is 1. The second-order valence-electron chi connectivity index (χ2n) is 4.83. The summed E-state index contributed by atoms with van der Waals surface area (Å²) in [5, 5.41) is 15.8. The molecule has 0 bridgehead atoms. The van der Waals surface area contributed by atoms with Gasteiger partial charge in [0.15, 0.2) is 6.73 Å². The van der Waals surface area contributed by atoms with Gasteiger partial charge in [-0.2, -0.15) is 5.26 Å². The van der Waals surface area contributed by atoms with Crippen LogP contribution in [-0.4, -0.2) is 12.7 Å². The van der Waals surface area contributed by atoms with E-state index in [0.717, 1.165) is 0 Å². The largest absolute Gasteiger partial charge is 0.456 e. The standard InChI is InChI=1S/C16H10FN7O2/c17-14-3-1-2-11(7-18)15(14)13-5-4-10(6-12(13)8-21-23-19)16(25)26-9-22-24-20/h1-6H,8-9H2. The van der Waals surface area contributed by atoms with E-state index in [1.807, 2.05) is 6.07 Å². The lowest BCUT2D eigenvalue weighted by atomic mass is 9.94. The van der Waals surface area contributed by atoms with Crippen molar-refractivity contribution >= 4 is 5.97 Å². The van der Waals surface area contributed by atoms with Gasteiger partial charge in [0, 0.05) is 15.4 Å². The molecule has 0 N–H and O–H groups in total. The molecule has 0 radical (unpaired) electrons. The first-order valence-electron chi connectivity index (χ1n) is 7.13. The molecule has 2 aromatic carbocycles. The second-order valence-corrected chi connectivity index (χ2v) is 4.83. The van der Waals surface area contributed by atoms with Crippen molar-refractivity contribution in [2.24, 2.45) is 10.2 Å². The van der Waals surface area contributed by atoms with Crippen LogP contribution in [0.3, 0.4) is 0 Å². The Labute approximate surface area is 146 Å². The summed E-state index contributed by atoms with van der Waals surface area (Å²) in [6.45, 7) is -0.642. The van der Waals surface area contributed by atoms with Crippen LogP contribution in [0.15, 0.2) is 46.6 Å². The lowest BCUT2D eigenvalue weighted by Gasteiger charge is -2.12. The minimum Gasteiger partial charge on any atom is -0.456 e. The van der Waals surface area contributed by atoms with Crippen molar-refractivity contribution < 1.29 is 13.9 Å². The highest BCUT2D eigenvalue weighted by Gasteiger charge is 2.17. The summed E-state index contributed by atoms with van der Waals surface area (Å²) in [7, 11) is 0. The Hall–Kier alpha value is -4.05. The first-order valence-corrected chi connectivity index (χ1v) is 7.13. The average Bonchev–Trinajstić information content (AvgIpc) is 2.66. The number of carbonyl (C=O) groups is 1. The van der Waals surface area contributed by atoms with Gasteiger partial charge in [-0.15, -0.1) is 0 Å². The first kappa shape index (κ1) is 18.3. The summed E-state index contributed by atoms with van der Waals surface area (Å²) < 4.78 is 19.0. The molecule has 0 unspecified atom stereocenters. The van der Waals surface area contributed by atoms with E-state index >= 15 is 0 Å². The molecule has 0 amide bonds. The summed E-state index contributed by atoms with van der Waals surface area (Å²) in [6, 6.07) is 10.2. The van der Waals surface area contributed by atoms with Crippen molar-refractivity contribution in [3.63, 3.8) is 0 Å². The molecule has 26 heavy (non-hydrogen) atoms. The van der Waals surface area contributed by atoms with Crippen molar-refractivity contribution in [3.05, 3.63) is 79.8 Å². The van der Waals surface area contributed by atoms with E-state index < -0.39 is 18.5 Å². The SMILES string of the molecule is N#Cc1cccc(F)c1-c1ccc(C(=O)OCN=[N+]=[N-])cc1CN=[N+]=[N-]. The van der Waals surface area contributed by atoms with Crippen LogP contribution < -0.4 is 0 Å². The lowest BCUT2D eigenvalue weighted by Crippen LogP contribution is -2.06. The highest BCUT2D eigenvalue weighted by Crippen LogP contribution is 2.31. The van der Waals surface area contributed by atoms with Gasteiger partial charge in [0.2, 0.25) is 0 Å². The zero-order valence-electron chi connectivity index (χ0n) is 13.2. The van der Waals surface area contributed by atoms with Gasteiger partial charge >= 0.3 is 5.97 Å². The molecular formula is C16H10FN7O2. The van der Waals surface area contributed by atoms with Gasteiger partial charge in [-0.3, -0.25) is 0 Å². The molecule has 0 spiro atoms. The van der Waals surface area contributed by atoms with Crippen molar-refractivity contribution in [3.8, 4) is 17.2 Å². The third-order valence-corrected chi connectivity index (χ3v) is 3.37. The summed E-state index contributed by atoms with van der Waals surface area (Å²) in [5.74, 6) is -1.38. The molecule has 128 valence electrons. The average molecular weight is 351 g/mol. The van der Waals surface area contributed by atoms with Crippen LogP contribution in [0.4, 0.5) is 4.39 Å². The lowest BCUT2D eigenvalue weighted by molar-refractivity contribution is 0.0515. The maximum absolute atomic E-state index is 14.3. The Morgan fingerprint density at radius 1 is 1.23 bits per heavy atom. The van der Waals surface area contributed by atoms with Gasteiger partial charge < -0.3 is 4.74 Å². The molecule has 0 saturated carbocycles. The quantitative estimate of drug-likeness (QED) is 0.324. The molecular weight excluding hydrogens is 341 g/mol. The van der Waals surface area contributed by atoms with Crippen molar-refractivity contribution in [2.45, 2.75) is 6.54 Å². The summed E-state index contributed by atoms with van der Waals surface area (Å²) in [5.41, 5.74) is 17.6. The molecule has 0 aromatic heterocycles. The monoisotopic (exact) mass is 351 g/mol. The molecule has 10 heteroatoms. The Morgan fingerprint density at radius 3 is 2.69 bits per heavy atom. The Balaban J connectivity index is 2.54. The molecule has 0 fully saturated rings. The summed E-state index contributed by atoms with van der Waals surface area (Å²) >= 11 is 0. The number of nitrogens with zero attached hydrogens (tertiary/aromatic N) is 7. The van der Waals surface area contributed by atoms with Crippen LogP contribution in [0.25, 0.3) is 32.0 Å². The topological polar surface area (TPSA) is 148 Å². The molecule has 0 atom stereocenters. The van der Waals surface area contributed by atoms with Crippen LogP contribution in [-0.2, 0) is 11.3 Å². The van der Waals surface area contributed by atoms with Gasteiger partial charge in [0.05, 0.1) is 23.7 Å². The van der Waals surface area contributed by atoms with Gasteiger partial charge in [0.1, 0.15) is 5.82 Å². The number of hydrogen-bond acceptors (Lipinski definition) is 5. The Morgan fingerprint density at radius 2 is 2.00 bits per heavy atom. The number of ether oxygens (including phenoxy) is 1. The Kier molecular flexibility index (Phi) is 6.12. The van der Waals surface area contributed by atoms with Crippen LogP contribution in [0.2, 0.25) is 0 Å². The molecule has 0 aliphatic heterocycles. The third-order valence-electron chi connectivity index (χ3n) is 3.37. The maximum Gasteiger partial charge on any atom is 0.338 e. The van der Waals surface area contributed by atoms with E-state index in [2.05, 4.69) is 20.1 Å². The van der Waals surface area contributed by atoms with E-state index in [1.54, 1.807) is 0 Å².